The van der Waals surface area contributed by atoms with E-state index in [4.69, 9.17) is 5.73 Å². The van der Waals surface area contributed by atoms with E-state index in [1.807, 2.05) is 6.08 Å². The maximum Gasteiger partial charge on any atom is 0.0662 e. The Balaban J connectivity index is 3.28. The lowest BCUT2D eigenvalue weighted by Gasteiger charge is -2.06. The summed E-state index contributed by atoms with van der Waals surface area (Å²) in [7, 11) is 0. The zero-order valence-corrected chi connectivity index (χ0v) is 12.0. The summed E-state index contributed by atoms with van der Waals surface area (Å²) >= 11 is 0. The molecule has 0 saturated heterocycles. The third-order valence-corrected chi connectivity index (χ3v) is 2.82. The number of aliphatic hydroxyl groups is 1. The molecule has 0 bridgehead atoms. The van der Waals surface area contributed by atoms with Crippen LogP contribution in [0.3, 0.4) is 0 Å². The van der Waals surface area contributed by atoms with Crippen LogP contribution in [0.25, 0.3) is 0 Å². The second kappa shape index (κ2) is 14.8. The standard InChI is InChI=1S/C17H27NO/c1-2-3-4-5-6-7-8-9-10-11-12-13-14-15-17(19)16-18/h2,17,19H,1,3-4,9-16,18H2/t17-/m1/s1. The minimum absolute atomic E-state index is 0.314. The van der Waals surface area contributed by atoms with Crippen molar-refractivity contribution in [2.75, 3.05) is 6.54 Å². The highest BCUT2D eigenvalue weighted by Crippen LogP contribution is 2.08. The van der Waals surface area contributed by atoms with Crippen molar-refractivity contribution in [1.29, 1.82) is 0 Å². The Kier molecular flexibility index (Phi) is 13.9. The summed E-state index contributed by atoms with van der Waals surface area (Å²) in [4.78, 5) is 0. The highest BCUT2D eigenvalue weighted by Gasteiger charge is 1.99. The molecule has 0 rings (SSSR count). The predicted octanol–water partition coefficient (Wildman–Crippen LogP) is 3.01. The summed E-state index contributed by atoms with van der Waals surface area (Å²) < 4.78 is 0. The molecule has 0 amide bonds. The van der Waals surface area contributed by atoms with Crippen LogP contribution in [0.15, 0.2) is 12.7 Å². The number of rotatable bonds is 10. The van der Waals surface area contributed by atoms with Gasteiger partial charge >= 0.3 is 0 Å². The van der Waals surface area contributed by atoms with Gasteiger partial charge in [0.25, 0.3) is 0 Å². The van der Waals surface area contributed by atoms with E-state index >= 15 is 0 Å². The van der Waals surface area contributed by atoms with Crippen molar-refractivity contribution in [2.45, 2.75) is 63.9 Å². The van der Waals surface area contributed by atoms with Gasteiger partial charge in [0, 0.05) is 19.4 Å². The fourth-order valence-electron chi connectivity index (χ4n) is 1.63. The Morgan fingerprint density at radius 3 is 2.32 bits per heavy atom. The van der Waals surface area contributed by atoms with Crippen molar-refractivity contribution in [2.24, 2.45) is 5.73 Å². The Labute approximate surface area is 118 Å². The van der Waals surface area contributed by atoms with Gasteiger partial charge in [0.2, 0.25) is 0 Å². The summed E-state index contributed by atoms with van der Waals surface area (Å²) in [6.45, 7) is 4.02. The molecule has 0 aliphatic carbocycles. The lowest BCUT2D eigenvalue weighted by atomic mass is 10.1. The molecule has 0 radical (unpaired) electrons. The Morgan fingerprint density at radius 1 is 1.00 bits per heavy atom. The second-order valence-electron chi connectivity index (χ2n) is 4.63. The number of nitrogens with two attached hydrogens (primary N) is 1. The number of unbranched alkanes of at least 4 members (excludes halogenated alkanes) is 6. The molecule has 0 aliphatic rings. The molecule has 0 unspecified atom stereocenters. The van der Waals surface area contributed by atoms with Crippen molar-refractivity contribution in [3.8, 4) is 23.7 Å². The van der Waals surface area contributed by atoms with Gasteiger partial charge in [-0.3, -0.25) is 0 Å². The van der Waals surface area contributed by atoms with E-state index in [0.29, 0.717) is 6.54 Å². The molecule has 0 aromatic rings. The van der Waals surface area contributed by atoms with Gasteiger partial charge < -0.3 is 10.8 Å². The number of hydrogen-bond acceptors (Lipinski definition) is 2. The van der Waals surface area contributed by atoms with Crippen LogP contribution in [0.5, 0.6) is 0 Å². The summed E-state index contributed by atoms with van der Waals surface area (Å²) in [5, 5.41) is 9.27. The number of hydrogen-bond donors (Lipinski definition) is 2. The summed E-state index contributed by atoms with van der Waals surface area (Å²) in [6.07, 6.45) is 10.9. The number of allylic oxidation sites excluding steroid dienone is 1. The van der Waals surface area contributed by atoms with Crippen LogP contribution >= 0.6 is 0 Å². The maximum absolute atomic E-state index is 9.27. The number of aliphatic hydroxyl groups excluding tert-OH is 1. The van der Waals surface area contributed by atoms with Crippen molar-refractivity contribution < 1.29 is 5.11 Å². The van der Waals surface area contributed by atoms with Crippen LogP contribution in [0.4, 0.5) is 0 Å². The van der Waals surface area contributed by atoms with E-state index in [1.165, 1.54) is 19.3 Å². The predicted molar refractivity (Wildman–Crippen MR) is 82.4 cm³/mol. The van der Waals surface area contributed by atoms with Gasteiger partial charge in [-0.05, 0) is 31.1 Å². The lowest BCUT2D eigenvalue weighted by Crippen LogP contribution is -2.19. The van der Waals surface area contributed by atoms with Crippen LogP contribution in [0, 0.1) is 23.7 Å². The maximum atomic E-state index is 9.27. The quantitative estimate of drug-likeness (QED) is 0.361. The van der Waals surface area contributed by atoms with E-state index in [-0.39, 0.29) is 6.10 Å². The van der Waals surface area contributed by atoms with Crippen LogP contribution in [-0.4, -0.2) is 17.8 Å². The highest BCUT2D eigenvalue weighted by atomic mass is 16.3. The lowest BCUT2D eigenvalue weighted by molar-refractivity contribution is 0.168. The molecule has 0 aromatic heterocycles. The van der Waals surface area contributed by atoms with Gasteiger partial charge in [0.1, 0.15) is 0 Å². The van der Waals surface area contributed by atoms with Crippen LogP contribution < -0.4 is 5.73 Å². The average Bonchev–Trinajstić information content (AvgIpc) is 2.43. The van der Waals surface area contributed by atoms with E-state index in [0.717, 1.165) is 38.5 Å². The van der Waals surface area contributed by atoms with Gasteiger partial charge in [-0.2, -0.15) is 0 Å². The zero-order chi connectivity index (χ0) is 14.2. The Morgan fingerprint density at radius 2 is 1.63 bits per heavy atom. The molecule has 106 valence electrons. The molecule has 1 atom stereocenters. The molecule has 0 fully saturated rings. The van der Waals surface area contributed by atoms with E-state index < -0.39 is 0 Å². The van der Waals surface area contributed by atoms with Gasteiger partial charge in [-0.1, -0.05) is 43.6 Å². The monoisotopic (exact) mass is 261 g/mol. The largest absolute Gasteiger partial charge is 0.392 e. The van der Waals surface area contributed by atoms with Crippen LogP contribution in [0.1, 0.15) is 57.8 Å². The van der Waals surface area contributed by atoms with Crippen molar-refractivity contribution in [3.05, 3.63) is 12.7 Å². The first-order valence-corrected chi connectivity index (χ1v) is 7.26. The Bertz CT molecular complexity index is 327. The van der Waals surface area contributed by atoms with Gasteiger partial charge in [0.15, 0.2) is 0 Å². The minimum Gasteiger partial charge on any atom is -0.392 e. The van der Waals surface area contributed by atoms with E-state index in [2.05, 4.69) is 30.3 Å². The third-order valence-electron chi connectivity index (χ3n) is 2.82. The van der Waals surface area contributed by atoms with Gasteiger partial charge in [-0.15, -0.1) is 6.58 Å². The van der Waals surface area contributed by atoms with Gasteiger partial charge in [-0.25, -0.2) is 0 Å². The third kappa shape index (κ3) is 14.7. The molecule has 0 aliphatic heterocycles. The molecule has 0 spiro atoms. The molecular weight excluding hydrogens is 234 g/mol. The van der Waals surface area contributed by atoms with Gasteiger partial charge in [0.05, 0.1) is 6.10 Å². The molecule has 2 heteroatoms. The first-order valence-electron chi connectivity index (χ1n) is 7.26. The minimum atomic E-state index is -0.314. The molecule has 19 heavy (non-hydrogen) atoms. The average molecular weight is 261 g/mol. The molecule has 0 heterocycles. The van der Waals surface area contributed by atoms with Crippen molar-refractivity contribution >= 4 is 0 Å². The summed E-state index contributed by atoms with van der Waals surface area (Å²) in [5.74, 6) is 11.8. The van der Waals surface area contributed by atoms with Crippen molar-refractivity contribution in [3.63, 3.8) is 0 Å². The fraction of sp³-hybridized carbons (Fsp3) is 0.647. The second-order valence-corrected chi connectivity index (χ2v) is 4.63. The normalized spacial score (nSPS) is 10.8. The molecule has 3 N–H and O–H groups in total. The van der Waals surface area contributed by atoms with E-state index in [9.17, 15) is 5.11 Å². The van der Waals surface area contributed by atoms with Crippen LogP contribution in [0.2, 0.25) is 0 Å². The molecule has 0 aromatic carbocycles. The van der Waals surface area contributed by atoms with Crippen molar-refractivity contribution in [1.82, 2.24) is 0 Å². The topological polar surface area (TPSA) is 46.2 Å². The molecule has 0 saturated carbocycles. The molecule has 2 nitrogen and oxygen atoms in total. The Hall–Kier alpha value is -1.22. The molecular formula is C17H27NO. The first kappa shape index (κ1) is 17.8. The summed E-state index contributed by atoms with van der Waals surface area (Å²) in [6, 6.07) is 0. The zero-order valence-electron chi connectivity index (χ0n) is 12.0. The van der Waals surface area contributed by atoms with Crippen LogP contribution in [-0.2, 0) is 0 Å². The highest BCUT2D eigenvalue weighted by molar-refractivity contribution is 5.25. The SMILES string of the molecule is C=CCCC#CC#CCCCCCCC[C@@H](O)CN. The summed E-state index contributed by atoms with van der Waals surface area (Å²) in [5.41, 5.74) is 5.34. The fourth-order valence-corrected chi connectivity index (χ4v) is 1.63. The smallest absolute Gasteiger partial charge is 0.0662 e. The van der Waals surface area contributed by atoms with E-state index in [1.54, 1.807) is 0 Å². The first-order chi connectivity index (χ1) is 9.31.